The normalized spacial score (nSPS) is 11.6. The van der Waals surface area contributed by atoms with Gasteiger partial charge in [0.2, 0.25) is 0 Å². The molecule has 10 heteroatoms. The first-order valence-corrected chi connectivity index (χ1v) is 13.3. The molecule has 5 heterocycles. The van der Waals surface area contributed by atoms with Crippen molar-refractivity contribution in [2.24, 2.45) is 14.1 Å². The first-order valence-electron chi connectivity index (χ1n) is 13.3. The Morgan fingerprint density at radius 3 is 1.69 bits per heavy atom. The smallest absolute Gasteiger partial charge is 0.122 e. The van der Waals surface area contributed by atoms with Crippen LogP contribution in [0, 0.1) is 0 Å². The number of imidazole rings is 2. The SMILES string of the molecule is Cn1ccnc1CN(CCc1ccccn1)Cc1cc(CN(CCc2ccccn2)Cc2nccn2C)[nH]n1. The molecule has 0 fully saturated rings. The average molecular weight is 525 g/mol. The lowest BCUT2D eigenvalue weighted by atomic mass is 10.2. The number of H-pyrrole nitrogens is 1. The lowest BCUT2D eigenvalue weighted by molar-refractivity contribution is 0.246. The van der Waals surface area contributed by atoms with Crippen molar-refractivity contribution >= 4 is 0 Å². The maximum Gasteiger partial charge on any atom is 0.122 e. The first-order chi connectivity index (χ1) is 19.1. The van der Waals surface area contributed by atoms with E-state index in [1.54, 1.807) is 0 Å². The van der Waals surface area contributed by atoms with Crippen molar-refractivity contribution in [3.05, 3.63) is 114 Å². The number of nitrogens with zero attached hydrogens (tertiary/aromatic N) is 9. The maximum absolute atomic E-state index is 4.68. The molecule has 5 aromatic rings. The highest BCUT2D eigenvalue weighted by molar-refractivity contribution is 5.10. The maximum atomic E-state index is 4.68. The molecule has 0 amide bonds. The Morgan fingerprint density at radius 2 is 1.21 bits per heavy atom. The molecular weight excluding hydrogens is 488 g/mol. The third-order valence-corrected chi connectivity index (χ3v) is 6.86. The zero-order valence-corrected chi connectivity index (χ0v) is 22.7. The van der Waals surface area contributed by atoms with E-state index in [-0.39, 0.29) is 0 Å². The van der Waals surface area contributed by atoms with Gasteiger partial charge in [0.05, 0.1) is 18.8 Å². The minimum atomic E-state index is 0.726. The zero-order chi connectivity index (χ0) is 26.9. The van der Waals surface area contributed by atoms with Gasteiger partial charge in [-0.25, -0.2) is 9.97 Å². The van der Waals surface area contributed by atoms with Gasteiger partial charge in [-0.2, -0.15) is 5.10 Å². The van der Waals surface area contributed by atoms with E-state index >= 15 is 0 Å². The summed E-state index contributed by atoms with van der Waals surface area (Å²) >= 11 is 0. The molecule has 0 atom stereocenters. The van der Waals surface area contributed by atoms with Crippen LogP contribution in [-0.4, -0.2) is 62.2 Å². The Kier molecular flexibility index (Phi) is 8.87. The van der Waals surface area contributed by atoms with Gasteiger partial charge in [0, 0.05) is 107 Å². The van der Waals surface area contributed by atoms with Gasteiger partial charge >= 0.3 is 0 Å². The van der Waals surface area contributed by atoms with Crippen LogP contribution in [0.3, 0.4) is 0 Å². The molecule has 5 rings (SSSR count). The Bertz CT molecular complexity index is 1300. The standard InChI is InChI=1S/C29H36N10/c1-36-17-13-32-28(36)22-38(15-9-24-7-3-5-11-30-24)20-26-19-27(35-34-26)21-39(23-29-33-14-18-37(29)2)16-10-25-8-4-6-12-31-25/h3-8,11-14,17-19H,9-10,15-16,20-23H2,1-2H3,(H,34,35). The van der Waals surface area contributed by atoms with E-state index in [9.17, 15) is 0 Å². The van der Waals surface area contributed by atoms with Crippen molar-refractivity contribution in [3.8, 4) is 0 Å². The van der Waals surface area contributed by atoms with E-state index in [0.717, 1.165) is 86.5 Å². The predicted molar refractivity (Wildman–Crippen MR) is 149 cm³/mol. The second-order valence-electron chi connectivity index (χ2n) is 9.86. The second kappa shape index (κ2) is 13.1. The minimum absolute atomic E-state index is 0.726. The molecule has 39 heavy (non-hydrogen) atoms. The van der Waals surface area contributed by atoms with Crippen molar-refractivity contribution in [3.63, 3.8) is 0 Å². The van der Waals surface area contributed by atoms with Crippen LogP contribution in [0.4, 0.5) is 0 Å². The molecular formula is C29H36N10. The highest BCUT2D eigenvalue weighted by Gasteiger charge is 2.16. The van der Waals surface area contributed by atoms with Gasteiger partial charge < -0.3 is 9.13 Å². The minimum Gasteiger partial charge on any atom is -0.337 e. The fraction of sp³-hybridized carbons (Fsp3) is 0.345. The van der Waals surface area contributed by atoms with Gasteiger partial charge in [-0.05, 0) is 30.3 Å². The summed E-state index contributed by atoms with van der Waals surface area (Å²) in [5.74, 6) is 2.06. The molecule has 202 valence electrons. The molecule has 0 unspecified atom stereocenters. The number of hydrogen-bond donors (Lipinski definition) is 1. The quantitative estimate of drug-likeness (QED) is 0.238. The second-order valence-corrected chi connectivity index (χ2v) is 9.86. The number of aromatic amines is 1. The number of aryl methyl sites for hydroxylation is 2. The van der Waals surface area contributed by atoms with Crippen LogP contribution >= 0.6 is 0 Å². The van der Waals surface area contributed by atoms with E-state index in [1.165, 1.54) is 0 Å². The number of nitrogens with one attached hydrogen (secondary N) is 1. The summed E-state index contributed by atoms with van der Waals surface area (Å²) in [6.45, 7) is 4.70. The monoisotopic (exact) mass is 524 g/mol. The van der Waals surface area contributed by atoms with E-state index < -0.39 is 0 Å². The first kappa shape index (κ1) is 26.5. The van der Waals surface area contributed by atoms with Crippen molar-refractivity contribution in [1.29, 1.82) is 0 Å². The van der Waals surface area contributed by atoms with E-state index in [2.05, 4.69) is 67.3 Å². The summed E-state index contributed by atoms with van der Waals surface area (Å²) in [5.41, 5.74) is 4.28. The number of hydrogen-bond acceptors (Lipinski definition) is 7. The van der Waals surface area contributed by atoms with E-state index in [0.29, 0.717) is 0 Å². The van der Waals surface area contributed by atoms with Gasteiger partial charge in [0.15, 0.2) is 0 Å². The lowest BCUT2D eigenvalue weighted by Gasteiger charge is -2.21. The van der Waals surface area contributed by atoms with Crippen LogP contribution < -0.4 is 0 Å². The molecule has 0 saturated carbocycles. The van der Waals surface area contributed by atoms with Crippen molar-refractivity contribution in [2.45, 2.75) is 39.0 Å². The van der Waals surface area contributed by atoms with Gasteiger partial charge in [0.1, 0.15) is 11.6 Å². The zero-order valence-electron chi connectivity index (χ0n) is 22.7. The molecule has 10 nitrogen and oxygen atoms in total. The third kappa shape index (κ3) is 7.68. The Labute approximate surface area is 229 Å². The molecule has 0 bridgehead atoms. The topological polar surface area (TPSA) is 96.6 Å². The van der Waals surface area contributed by atoms with Gasteiger partial charge in [-0.1, -0.05) is 12.1 Å². The largest absolute Gasteiger partial charge is 0.337 e. The molecule has 5 aromatic heterocycles. The summed E-state index contributed by atoms with van der Waals surface area (Å²) in [5, 5.41) is 7.96. The number of aromatic nitrogens is 8. The van der Waals surface area contributed by atoms with Gasteiger partial charge in [0.25, 0.3) is 0 Å². The molecule has 1 N–H and O–H groups in total. The van der Waals surface area contributed by atoms with Crippen LogP contribution in [0.2, 0.25) is 0 Å². The van der Waals surface area contributed by atoms with E-state index in [4.69, 9.17) is 0 Å². The summed E-state index contributed by atoms with van der Waals surface area (Å²) < 4.78 is 4.14. The summed E-state index contributed by atoms with van der Waals surface area (Å²) in [7, 11) is 4.07. The highest BCUT2D eigenvalue weighted by Crippen LogP contribution is 2.13. The van der Waals surface area contributed by atoms with Crippen LogP contribution in [0.15, 0.2) is 79.6 Å². The summed E-state index contributed by atoms with van der Waals surface area (Å²) in [6, 6.07) is 14.3. The molecule has 0 aliphatic rings. The molecule has 0 aliphatic heterocycles. The van der Waals surface area contributed by atoms with E-state index in [1.807, 2.05) is 75.5 Å². The van der Waals surface area contributed by atoms with Crippen LogP contribution in [-0.2, 0) is 53.1 Å². The third-order valence-electron chi connectivity index (χ3n) is 6.86. The Balaban J connectivity index is 1.25. The summed E-state index contributed by atoms with van der Waals surface area (Å²) in [6.07, 6.45) is 13.1. The highest BCUT2D eigenvalue weighted by atomic mass is 15.2. The Morgan fingerprint density at radius 1 is 0.641 bits per heavy atom. The molecule has 0 radical (unpaired) electrons. The Hall–Kier alpha value is -4.15. The number of rotatable bonds is 14. The van der Waals surface area contributed by atoms with Gasteiger partial charge in [-0.3, -0.25) is 24.9 Å². The summed E-state index contributed by atoms with van der Waals surface area (Å²) in [4.78, 5) is 22.9. The molecule has 0 spiro atoms. The van der Waals surface area contributed by atoms with Crippen LogP contribution in [0.25, 0.3) is 0 Å². The van der Waals surface area contributed by atoms with Crippen molar-refractivity contribution in [1.82, 2.24) is 49.1 Å². The lowest BCUT2D eigenvalue weighted by Crippen LogP contribution is -2.27. The van der Waals surface area contributed by atoms with Crippen molar-refractivity contribution in [2.75, 3.05) is 13.1 Å². The number of pyridine rings is 2. The van der Waals surface area contributed by atoms with Gasteiger partial charge in [-0.15, -0.1) is 0 Å². The van der Waals surface area contributed by atoms with Crippen LogP contribution in [0.5, 0.6) is 0 Å². The predicted octanol–water partition coefficient (Wildman–Crippen LogP) is 3.16. The fourth-order valence-corrected chi connectivity index (χ4v) is 4.60. The van der Waals surface area contributed by atoms with Crippen molar-refractivity contribution < 1.29 is 0 Å². The molecule has 0 aromatic carbocycles. The molecule has 0 saturated heterocycles. The van der Waals surface area contributed by atoms with Crippen LogP contribution in [0.1, 0.15) is 34.4 Å². The molecule has 0 aliphatic carbocycles. The average Bonchev–Trinajstić information content (AvgIpc) is 3.69. The fourth-order valence-electron chi connectivity index (χ4n) is 4.60.